The number of carbonyl (C=O) groups is 1. The van der Waals surface area contributed by atoms with Crippen LogP contribution in [0.15, 0.2) is 96.0 Å². The van der Waals surface area contributed by atoms with Crippen LogP contribution in [-0.4, -0.2) is 30.4 Å². The molecule has 6 nitrogen and oxygen atoms in total. The zero-order valence-corrected chi connectivity index (χ0v) is 29.6. The molecule has 0 amide bonds. The largest absolute Gasteiger partial charge is 0.487 e. The van der Waals surface area contributed by atoms with Gasteiger partial charge >= 0.3 is 12.1 Å². The van der Waals surface area contributed by atoms with Crippen LogP contribution in [0.4, 0.5) is 17.6 Å². The summed E-state index contributed by atoms with van der Waals surface area (Å²) in [7, 11) is 0. The third-order valence-electron chi connectivity index (χ3n) is 8.46. The fraction of sp³-hybridized carbons (Fsp3) is 0.275. The van der Waals surface area contributed by atoms with Gasteiger partial charge in [0.2, 0.25) is 0 Å². The SMILES string of the molecule is CC(C)(C)Sc1c(CC(C)(C)C(=O)O)n(Cc2ccc(-c3ncccc3C(F)(F)F)cc2)c2ccc(OCc3ccc4cc(F)ccc4n3)cc12. The van der Waals surface area contributed by atoms with E-state index in [4.69, 9.17) is 4.74 Å². The number of benzene rings is 3. The van der Waals surface area contributed by atoms with E-state index >= 15 is 0 Å². The number of carboxylic acid groups (broad SMARTS) is 1. The summed E-state index contributed by atoms with van der Waals surface area (Å²) in [5.41, 5.74) is 2.16. The van der Waals surface area contributed by atoms with Crippen molar-refractivity contribution in [2.24, 2.45) is 5.41 Å². The van der Waals surface area contributed by atoms with Crippen LogP contribution < -0.4 is 4.74 Å². The van der Waals surface area contributed by atoms with Crippen molar-refractivity contribution in [3.8, 4) is 17.0 Å². The highest BCUT2D eigenvalue weighted by Gasteiger charge is 2.35. The molecule has 3 heterocycles. The molecule has 0 atom stereocenters. The summed E-state index contributed by atoms with van der Waals surface area (Å²) >= 11 is 1.64. The molecule has 264 valence electrons. The van der Waals surface area contributed by atoms with E-state index in [1.54, 1.807) is 68.1 Å². The van der Waals surface area contributed by atoms with E-state index in [1.165, 1.54) is 24.4 Å². The van der Waals surface area contributed by atoms with Gasteiger partial charge in [0.15, 0.2) is 0 Å². The quantitative estimate of drug-likeness (QED) is 0.112. The molecule has 0 fully saturated rings. The third kappa shape index (κ3) is 8.04. The fourth-order valence-electron chi connectivity index (χ4n) is 5.91. The Balaban J connectivity index is 1.40. The molecule has 0 spiro atoms. The number of fused-ring (bicyclic) bond motifs is 2. The van der Waals surface area contributed by atoms with Crippen LogP contribution >= 0.6 is 11.8 Å². The van der Waals surface area contributed by atoms with Gasteiger partial charge in [-0.25, -0.2) is 9.37 Å². The number of ether oxygens (including phenoxy) is 1. The number of pyridine rings is 2. The van der Waals surface area contributed by atoms with Gasteiger partial charge in [-0.15, -0.1) is 11.8 Å². The molecule has 0 aliphatic rings. The minimum absolute atomic E-state index is 0.143. The number of alkyl halides is 3. The number of hydrogen-bond donors (Lipinski definition) is 1. The number of aliphatic carboxylic acids is 1. The summed E-state index contributed by atoms with van der Waals surface area (Å²) < 4.78 is 62.9. The molecule has 0 bridgehead atoms. The van der Waals surface area contributed by atoms with Crippen molar-refractivity contribution < 1.29 is 32.2 Å². The molecule has 11 heteroatoms. The van der Waals surface area contributed by atoms with Gasteiger partial charge in [0.25, 0.3) is 0 Å². The molecule has 1 N–H and O–H groups in total. The van der Waals surface area contributed by atoms with E-state index in [0.717, 1.165) is 33.1 Å². The number of halogens is 4. The van der Waals surface area contributed by atoms with Gasteiger partial charge in [-0.3, -0.25) is 9.78 Å². The molecule has 0 saturated carbocycles. The summed E-state index contributed by atoms with van der Waals surface area (Å²) in [6, 6.07) is 22.9. The Morgan fingerprint density at radius 3 is 2.35 bits per heavy atom. The molecule has 0 aliphatic carbocycles. The maximum absolute atomic E-state index is 13.7. The standard InChI is InChI=1S/C40H37F4N3O3S/c1-38(2,3)51-36-30-20-29(50-23-28-14-12-26-19-27(41)13-16-32(26)46-28)15-17-33(30)47(34(36)21-39(4,5)37(48)49)22-24-8-10-25(11-9-24)35-31(40(42,43)44)7-6-18-45-35/h6-20H,21-23H2,1-5H3,(H,48,49). The number of thioether (sulfide) groups is 1. The summed E-state index contributed by atoms with van der Waals surface area (Å²) in [4.78, 5) is 22.0. The van der Waals surface area contributed by atoms with Gasteiger partial charge in [-0.05, 0) is 74.0 Å². The van der Waals surface area contributed by atoms with Crippen LogP contribution in [0.1, 0.15) is 57.1 Å². The van der Waals surface area contributed by atoms with Crippen LogP contribution in [-0.2, 0) is 30.5 Å². The van der Waals surface area contributed by atoms with Gasteiger partial charge in [0.1, 0.15) is 18.2 Å². The molecule has 0 radical (unpaired) electrons. The van der Waals surface area contributed by atoms with Crippen molar-refractivity contribution in [1.82, 2.24) is 14.5 Å². The Bertz CT molecular complexity index is 2240. The lowest BCUT2D eigenvalue weighted by atomic mass is 9.88. The molecule has 6 aromatic rings. The number of carboxylic acids is 1. The average molecular weight is 716 g/mol. The highest BCUT2D eigenvalue weighted by atomic mass is 32.2. The molecule has 51 heavy (non-hydrogen) atoms. The predicted molar refractivity (Wildman–Crippen MR) is 192 cm³/mol. The molecule has 0 saturated heterocycles. The van der Waals surface area contributed by atoms with Gasteiger partial charge in [0.05, 0.1) is 27.9 Å². The van der Waals surface area contributed by atoms with E-state index in [1.807, 2.05) is 18.2 Å². The second-order valence-corrected chi connectivity index (χ2v) is 16.0. The lowest BCUT2D eigenvalue weighted by Gasteiger charge is -2.24. The molecular weight excluding hydrogens is 679 g/mol. The highest BCUT2D eigenvalue weighted by Crippen LogP contribution is 2.44. The molecule has 0 unspecified atom stereocenters. The van der Waals surface area contributed by atoms with Crippen LogP contribution in [0, 0.1) is 11.2 Å². The second kappa shape index (κ2) is 13.7. The van der Waals surface area contributed by atoms with Crippen LogP contribution in [0.25, 0.3) is 33.1 Å². The lowest BCUT2D eigenvalue weighted by Crippen LogP contribution is -2.28. The topological polar surface area (TPSA) is 77.2 Å². The summed E-state index contributed by atoms with van der Waals surface area (Å²) in [5, 5.41) is 11.7. The first kappa shape index (κ1) is 35.9. The highest BCUT2D eigenvalue weighted by molar-refractivity contribution is 8.00. The monoisotopic (exact) mass is 715 g/mol. The van der Waals surface area contributed by atoms with Crippen LogP contribution in [0.5, 0.6) is 5.75 Å². The number of nitrogens with zero attached hydrogens (tertiary/aromatic N) is 3. The lowest BCUT2D eigenvalue weighted by molar-refractivity contribution is -0.147. The minimum Gasteiger partial charge on any atom is -0.487 e. The van der Waals surface area contributed by atoms with Crippen molar-refractivity contribution in [3.63, 3.8) is 0 Å². The Morgan fingerprint density at radius 1 is 0.922 bits per heavy atom. The Labute approximate surface area is 297 Å². The maximum atomic E-state index is 13.7. The van der Waals surface area contributed by atoms with E-state index in [2.05, 4.69) is 35.3 Å². The summed E-state index contributed by atoms with van der Waals surface area (Å²) in [6.07, 6.45) is -2.98. The van der Waals surface area contributed by atoms with Gasteiger partial charge in [-0.1, -0.05) is 51.1 Å². The first-order valence-corrected chi connectivity index (χ1v) is 17.2. The summed E-state index contributed by atoms with van der Waals surface area (Å²) in [5.74, 6) is -0.661. The van der Waals surface area contributed by atoms with E-state index in [-0.39, 0.29) is 29.3 Å². The first-order valence-electron chi connectivity index (χ1n) is 16.4. The van der Waals surface area contributed by atoms with E-state index in [0.29, 0.717) is 34.5 Å². The Hall–Kier alpha value is -4.90. The average Bonchev–Trinajstić information content (AvgIpc) is 3.32. The van der Waals surface area contributed by atoms with Crippen LogP contribution in [0.2, 0.25) is 0 Å². The summed E-state index contributed by atoms with van der Waals surface area (Å²) in [6.45, 7) is 10.2. The molecule has 3 aromatic heterocycles. The number of aromatic nitrogens is 3. The first-order chi connectivity index (χ1) is 24.0. The molecule has 0 aliphatic heterocycles. The smallest absolute Gasteiger partial charge is 0.418 e. The van der Waals surface area contributed by atoms with Crippen molar-refractivity contribution in [2.75, 3.05) is 0 Å². The maximum Gasteiger partial charge on any atom is 0.418 e. The number of rotatable bonds is 10. The zero-order valence-electron chi connectivity index (χ0n) is 28.8. The van der Waals surface area contributed by atoms with Crippen molar-refractivity contribution in [3.05, 3.63) is 119 Å². The third-order valence-corrected chi connectivity index (χ3v) is 9.74. The van der Waals surface area contributed by atoms with Crippen molar-refractivity contribution in [2.45, 2.75) is 70.0 Å². The van der Waals surface area contributed by atoms with Gasteiger partial charge in [0, 0.05) is 56.4 Å². The zero-order chi connectivity index (χ0) is 36.7. The van der Waals surface area contributed by atoms with Gasteiger partial charge < -0.3 is 14.4 Å². The van der Waals surface area contributed by atoms with Crippen LogP contribution in [0.3, 0.4) is 0 Å². The molecular formula is C40H37F4N3O3S. The number of hydrogen-bond acceptors (Lipinski definition) is 5. The molecule has 6 rings (SSSR count). The van der Waals surface area contributed by atoms with Gasteiger partial charge in [-0.2, -0.15) is 13.2 Å². The van der Waals surface area contributed by atoms with Crippen molar-refractivity contribution >= 4 is 39.5 Å². The van der Waals surface area contributed by atoms with E-state index < -0.39 is 23.1 Å². The Kier molecular flexibility index (Phi) is 9.63. The minimum atomic E-state index is -4.55. The second-order valence-electron chi connectivity index (χ2n) is 14.1. The predicted octanol–water partition coefficient (Wildman–Crippen LogP) is 10.6. The fourth-order valence-corrected chi connectivity index (χ4v) is 7.09. The van der Waals surface area contributed by atoms with E-state index in [9.17, 15) is 27.5 Å². The normalized spacial score (nSPS) is 12.5. The Morgan fingerprint density at radius 2 is 1.67 bits per heavy atom. The van der Waals surface area contributed by atoms with Crippen molar-refractivity contribution in [1.29, 1.82) is 0 Å². The molecule has 3 aromatic carbocycles.